The van der Waals surface area contributed by atoms with Crippen LogP contribution in [-0.4, -0.2) is 29.2 Å². The first-order valence-electron chi connectivity index (χ1n) is 7.68. The monoisotopic (exact) mass is 368 g/mol. The van der Waals surface area contributed by atoms with Gasteiger partial charge in [-0.3, -0.25) is 0 Å². The summed E-state index contributed by atoms with van der Waals surface area (Å²) in [6.07, 6.45) is 1.32. The highest BCUT2D eigenvalue weighted by Gasteiger charge is 2.34. The largest absolute Gasteiger partial charge is 0.444 e. The molecule has 4 nitrogen and oxygen atoms in total. The summed E-state index contributed by atoms with van der Waals surface area (Å²) in [5.41, 5.74) is 7.91. The second-order valence-electron chi connectivity index (χ2n) is 6.98. The Hall–Kier alpha value is -1.07. The van der Waals surface area contributed by atoms with Crippen LogP contribution in [0.3, 0.4) is 0 Å². The lowest BCUT2D eigenvalue weighted by Gasteiger charge is -2.39. The Morgan fingerprint density at radius 2 is 2.09 bits per heavy atom. The molecule has 5 heteroatoms. The van der Waals surface area contributed by atoms with Crippen LogP contribution < -0.4 is 5.73 Å². The minimum Gasteiger partial charge on any atom is -0.444 e. The molecule has 0 spiro atoms. The van der Waals surface area contributed by atoms with Gasteiger partial charge in [0.1, 0.15) is 5.60 Å². The van der Waals surface area contributed by atoms with E-state index in [1.165, 1.54) is 0 Å². The minimum absolute atomic E-state index is 0.0228. The molecule has 0 aromatic heterocycles. The highest BCUT2D eigenvalue weighted by Crippen LogP contribution is 2.33. The number of aryl methyl sites for hydroxylation is 1. The van der Waals surface area contributed by atoms with Crippen molar-refractivity contribution >= 4 is 22.0 Å². The molecule has 22 heavy (non-hydrogen) atoms. The first kappa shape index (κ1) is 17.3. The fraction of sp³-hybridized carbons (Fsp3) is 0.588. The average Bonchev–Trinajstić information content (AvgIpc) is 2.39. The minimum atomic E-state index is -0.489. The number of carbonyl (C=O) groups is 1. The molecule has 1 aliphatic rings. The summed E-state index contributed by atoms with van der Waals surface area (Å²) in [5, 5.41) is 0. The van der Waals surface area contributed by atoms with Crippen molar-refractivity contribution in [2.24, 2.45) is 5.73 Å². The van der Waals surface area contributed by atoms with Gasteiger partial charge in [-0.2, -0.15) is 0 Å². The Morgan fingerprint density at radius 1 is 1.41 bits per heavy atom. The number of nitrogens with two attached hydrogens (primary N) is 1. The molecule has 2 N–H and O–H groups in total. The zero-order valence-corrected chi connectivity index (χ0v) is 15.3. The Labute approximate surface area is 141 Å². The zero-order valence-electron chi connectivity index (χ0n) is 13.7. The molecule has 0 radical (unpaired) electrons. The van der Waals surface area contributed by atoms with Crippen molar-refractivity contribution < 1.29 is 9.53 Å². The highest BCUT2D eigenvalue weighted by atomic mass is 79.9. The van der Waals surface area contributed by atoms with Gasteiger partial charge in [0, 0.05) is 17.1 Å². The number of carbonyl (C=O) groups excluding carboxylic acids is 1. The number of amides is 1. The summed E-state index contributed by atoms with van der Waals surface area (Å²) in [5.74, 6) is 0. The zero-order chi connectivity index (χ0) is 16.5. The predicted molar refractivity (Wildman–Crippen MR) is 91.8 cm³/mol. The van der Waals surface area contributed by atoms with Crippen molar-refractivity contribution in [1.29, 1.82) is 0 Å². The van der Waals surface area contributed by atoms with Gasteiger partial charge in [-0.05, 0) is 57.7 Å². The quantitative estimate of drug-likeness (QED) is 0.809. The van der Waals surface area contributed by atoms with E-state index in [-0.39, 0.29) is 18.2 Å². The van der Waals surface area contributed by atoms with Gasteiger partial charge in [0.15, 0.2) is 0 Å². The van der Waals surface area contributed by atoms with Gasteiger partial charge in [-0.25, -0.2) is 4.79 Å². The third-order valence-corrected chi connectivity index (χ3v) is 4.73. The van der Waals surface area contributed by atoms with E-state index in [4.69, 9.17) is 10.5 Å². The summed E-state index contributed by atoms with van der Waals surface area (Å²) in [7, 11) is 0. The normalized spacial score (nSPS) is 22.5. The molecular weight excluding hydrogens is 344 g/mol. The number of halogens is 1. The number of rotatable bonds is 1. The number of hydrogen-bond donors (Lipinski definition) is 1. The number of benzene rings is 1. The van der Waals surface area contributed by atoms with E-state index in [9.17, 15) is 4.79 Å². The molecule has 122 valence electrons. The number of ether oxygens (including phenoxy) is 1. The van der Waals surface area contributed by atoms with Crippen molar-refractivity contribution in [3.63, 3.8) is 0 Å². The molecule has 0 bridgehead atoms. The van der Waals surface area contributed by atoms with Crippen LogP contribution in [-0.2, 0) is 4.74 Å². The van der Waals surface area contributed by atoms with E-state index < -0.39 is 5.60 Å². The predicted octanol–water partition coefficient (Wildman–Crippen LogP) is 4.16. The summed E-state index contributed by atoms with van der Waals surface area (Å²) in [6.45, 7) is 8.35. The van der Waals surface area contributed by atoms with Crippen LogP contribution in [0, 0.1) is 6.92 Å². The number of piperidine rings is 1. The van der Waals surface area contributed by atoms with Crippen molar-refractivity contribution in [2.75, 3.05) is 6.54 Å². The molecule has 1 aliphatic heterocycles. The molecule has 0 saturated carbocycles. The summed E-state index contributed by atoms with van der Waals surface area (Å²) >= 11 is 3.52. The van der Waals surface area contributed by atoms with Gasteiger partial charge in [0.05, 0.1) is 6.04 Å². The second kappa shape index (κ2) is 6.59. The fourth-order valence-corrected chi connectivity index (χ4v) is 2.97. The van der Waals surface area contributed by atoms with Crippen LogP contribution in [0.2, 0.25) is 0 Å². The summed E-state index contributed by atoms with van der Waals surface area (Å²) in [6, 6.07) is 6.29. The molecule has 0 aliphatic carbocycles. The Balaban J connectivity index is 2.26. The lowest BCUT2D eigenvalue weighted by Crippen LogP contribution is -2.46. The lowest BCUT2D eigenvalue weighted by atomic mass is 9.92. The second-order valence-corrected chi connectivity index (χ2v) is 7.84. The van der Waals surface area contributed by atoms with Crippen LogP contribution in [0.4, 0.5) is 4.79 Å². The third kappa shape index (κ3) is 4.23. The van der Waals surface area contributed by atoms with Crippen molar-refractivity contribution in [3.05, 3.63) is 33.8 Å². The van der Waals surface area contributed by atoms with Gasteiger partial charge in [-0.15, -0.1) is 0 Å². The Kier molecular flexibility index (Phi) is 5.17. The van der Waals surface area contributed by atoms with Crippen LogP contribution in [0.5, 0.6) is 0 Å². The molecule has 1 saturated heterocycles. The van der Waals surface area contributed by atoms with E-state index >= 15 is 0 Å². The van der Waals surface area contributed by atoms with E-state index in [1.54, 1.807) is 0 Å². The Bertz CT molecular complexity index is 554. The summed E-state index contributed by atoms with van der Waals surface area (Å²) < 4.78 is 6.62. The van der Waals surface area contributed by atoms with Crippen molar-refractivity contribution in [3.8, 4) is 0 Å². The van der Waals surface area contributed by atoms with Gasteiger partial charge < -0.3 is 15.4 Å². The number of likely N-dealkylation sites (tertiary alicyclic amines) is 1. The first-order valence-corrected chi connectivity index (χ1v) is 8.48. The molecule has 2 unspecified atom stereocenters. The van der Waals surface area contributed by atoms with Crippen LogP contribution in [0.15, 0.2) is 22.7 Å². The third-order valence-electron chi connectivity index (χ3n) is 3.84. The average molecular weight is 369 g/mol. The maximum Gasteiger partial charge on any atom is 0.410 e. The summed E-state index contributed by atoms with van der Waals surface area (Å²) in [4.78, 5) is 14.3. The van der Waals surface area contributed by atoms with Crippen LogP contribution in [0.1, 0.15) is 50.8 Å². The van der Waals surface area contributed by atoms with E-state index in [1.807, 2.05) is 38.7 Å². The SMILES string of the molecule is Cc1cc(C2CC(N)CCN2C(=O)OC(C)(C)C)ccc1Br. The molecule has 1 heterocycles. The number of nitrogens with zero attached hydrogens (tertiary/aromatic N) is 1. The first-order chi connectivity index (χ1) is 10.2. The molecule has 1 amide bonds. The van der Waals surface area contributed by atoms with E-state index in [0.717, 1.165) is 28.4 Å². The maximum atomic E-state index is 12.5. The fourth-order valence-electron chi connectivity index (χ4n) is 2.72. The highest BCUT2D eigenvalue weighted by molar-refractivity contribution is 9.10. The molecule has 1 aromatic rings. The van der Waals surface area contributed by atoms with Gasteiger partial charge in [0.25, 0.3) is 0 Å². The van der Waals surface area contributed by atoms with Gasteiger partial charge in [-0.1, -0.05) is 28.1 Å². The number of hydrogen-bond acceptors (Lipinski definition) is 3. The van der Waals surface area contributed by atoms with Crippen LogP contribution >= 0.6 is 15.9 Å². The van der Waals surface area contributed by atoms with Crippen molar-refractivity contribution in [1.82, 2.24) is 4.90 Å². The molecule has 1 aromatic carbocycles. The van der Waals surface area contributed by atoms with E-state index in [2.05, 4.69) is 28.1 Å². The van der Waals surface area contributed by atoms with E-state index in [0.29, 0.717) is 6.54 Å². The van der Waals surface area contributed by atoms with Gasteiger partial charge in [0.2, 0.25) is 0 Å². The van der Waals surface area contributed by atoms with Gasteiger partial charge >= 0.3 is 6.09 Å². The molecule has 1 fully saturated rings. The lowest BCUT2D eigenvalue weighted by molar-refractivity contribution is 0.00796. The smallest absolute Gasteiger partial charge is 0.410 e. The Morgan fingerprint density at radius 3 is 2.68 bits per heavy atom. The molecule has 2 rings (SSSR count). The molecule has 2 atom stereocenters. The van der Waals surface area contributed by atoms with Crippen LogP contribution in [0.25, 0.3) is 0 Å². The standard InChI is InChI=1S/C17H25BrN2O2/c1-11-9-12(5-6-14(11)18)15-10-13(19)7-8-20(15)16(21)22-17(2,3)4/h5-6,9,13,15H,7-8,10,19H2,1-4H3. The van der Waals surface area contributed by atoms with Crippen molar-refractivity contribution in [2.45, 2.75) is 58.2 Å². The maximum absolute atomic E-state index is 12.5. The molecular formula is C17H25BrN2O2. The topological polar surface area (TPSA) is 55.6 Å².